The quantitative estimate of drug-likeness (QED) is 0.647. The number of hydrogen-bond donors (Lipinski definition) is 2. The zero-order valence-electron chi connectivity index (χ0n) is 16.6. The molecule has 0 saturated heterocycles. The standard InChI is InChI=1S/C22H25N5O2/c1-15-17(12-21(29)23-13-20-24-14-25-26-20)22-18(8-5-9-19(22)28)27(15)11-10-16-6-3-2-4-7-16/h2-4,6-7,14H,5,8-13H2,1H3,(H,23,29)(H,24,25,26). The SMILES string of the molecule is Cc1c(CC(=O)NCc2ncn[nH]2)c2c(n1CCc1ccccc1)CCCC2=O. The Kier molecular flexibility index (Phi) is 5.55. The molecule has 29 heavy (non-hydrogen) atoms. The summed E-state index contributed by atoms with van der Waals surface area (Å²) in [5.74, 6) is 0.644. The summed E-state index contributed by atoms with van der Waals surface area (Å²) >= 11 is 0. The van der Waals surface area contributed by atoms with Crippen LogP contribution in [0.25, 0.3) is 0 Å². The van der Waals surface area contributed by atoms with Gasteiger partial charge in [-0.25, -0.2) is 4.98 Å². The monoisotopic (exact) mass is 391 g/mol. The molecule has 0 radical (unpaired) electrons. The van der Waals surface area contributed by atoms with E-state index in [0.29, 0.717) is 18.8 Å². The minimum absolute atomic E-state index is 0.120. The number of fused-ring (bicyclic) bond motifs is 1. The lowest BCUT2D eigenvalue weighted by molar-refractivity contribution is -0.120. The van der Waals surface area contributed by atoms with E-state index < -0.39 is 0 Å². The summed E-state index contributed by atoms with van der Waals surface area (Å²) in [7, 11) is 0. The van der Waals surface area contributed by atoms with E-state index >= 15 is 0 Å². The van der Waals surface area contributed by atoms with Gasteiger partial charge in [0.05, 0.1) is 13.0 Å². The Hall–Kier alpha value is -3.22. The number of aryl methyl sites for hydroxylation is 1. The van der Waals surface area contributed by atoms with Gasteiger partial charge >= 0.3 is 0 Å². The van der Waals surface area contributed by atoms with Crippen LogP contribution in [0.5, 0.6) is 0 Å². The second-order valence-electron chi connectivity index (χ2n) is 7.44. The molecule has 0 aliphatic heterocycles. The van der Waals surface area contributed by atoms with E-state index in [1.807, 2.05) is 25.1 Å². The molecule has 7 nitrogen and oxygen atoms in total. The van der Waals surface area contributed by atoms with Crippen molar-refractivity contribution in [1.29, 1.82) is 0 Å². The Morgan fingerprint density at radius 1 is 1.24 bits per heavy atom. The Morgan fingerprint density at radius 2 is 2.07 bits per heavy atom. The van der Waals surface area contributed by atoms with Crippen molar-refractivity contribution < 1.29 is 9.59 Å². The number of nitrogens with one attached hydrogen (secondary N) is 2. The molecule has 0 atom stereocenters. The number of amides is 1. The van der Waals surface area contributed by atoms with Crippen LogP contribution in [-0.4, -0.2) is 31.4 Å². The normalized spacial score (nSPS) is 13.3. The third-order valence-corrected chi connectivity index (χ3v) is 5.58. The van der Waals surface area contributed by atoms with Crippen LogP contribution in [0, 0.1) is 6.92 Å². The van der Waals surface area contributed by atoms with E-state index in [1.54, 1.807) is 0 Å². The fraction of sp³-hybridized carbons (Fsp3) is 0.364. The van der Waals surface area contributed by atoms with Gasteiger partial charge < -0.3 is 9.88 Å². The number of hydrogen-bond acceptors (Lipinski definition) is 4. The maximum absolute atomic E-state index is 12.7. The van der Waals surface area contributed by atoms with Crippen molar-refractivity contribution in [3.05, 3.63) is 70.6 Å². The highest BCUT2D eigenvalue weighted by atomic mass is 16.1. The van der Waals surface area contributed by atoms with Crippen LogP contribution in [0.3, 0.4) is 0 Å². The molecule has 1 aliphatic rings. The molecule has 2 aromatic heterocycles. The van der Waals surface area contributed by atoms with E-state index in [1.165, 1.54) is 11.9 Å². The molecule has 0 fully saturated rings. The molecule has 7 heteroatoms. The lowest BCUT2D eigenvalue weighted by Crippen LogP contribution is -2.26. The number of benzene rings is 1. The van der Waals surface area contributed by atoms with Crippen LogP contribution in [0.4, 0.5) is 0 Å². The van der Waals surface area contributed by atoms with Gasteiger partial charge in [0.25, 0.3) is 0 Å². The number of carbonyl (C=O) groups is 2. The Morgan fingerprint density at radius 3 is 2.83 bits per heavy atom. The summed E-state index contributed by atoms with van der Waals surface area (Å²) in [5.41, 5.74) is 5.02. The van der Waals surface area contributed by atoms with E-state index in [2.05, 4.69) is 37.2 Å². The molecule has 2 N–H and O–H groups in total. The number of nitrogens with zero attached hydrogens (tertiary/aromatic N) is 3. The molecular weight excluding hydrogens is 366 g/mol. The average Bonchev–Trinajstić information content (AvgIpc) is 3.34. The van der Waals surface area contributed by atoms with Crippen molar-refractivity contribution in [3.8, 4) is 0 Å². The molecule has 150 valence electrons. The summed E-state index contributed by atoms with van der Waals surface area (Å²) in [6.07, 6.45) is 4.82. The number of Topliss-reactive ketones (excluding diaryl/α,β-unsaturated/α-hetero) is 1. The van der Waals surface area contributed by atoms with Crippen LogP contribution >= 0.6 is 0 Å². The van der Waals surface area contributed by atoms with Gasteiger partial charge in [0.1, 0.15) is 12.2 Å². The molecule has 0 spiro atoms. The van der Waals surface area contributed by atoms with E-state index in [-0.39, 0.29) is 18.1 Å². The minimum Gasteiger partial charge on any atom is -0.349 e. The first-order chi connectivity index (χ1) is 14.1. The van der Waals surface area contributed by atoms with E-state index in [0.717, 1.165) is 48.3 Å². The highest BCUT2D eigenvalue weighted by Gasteiger charge is 2.28. The minimum atomic E-state index is -0.120. The second kappa shape index (κ2) is 8.43. The molecule has 0 saturated carbocycles. The summed E-state index contributed by atoms with van der Waals surface area (Å²) in [6.45, 7) is 3.13. The fourth-order valence-electron chi connectivity index (χ4n) is 4.11. The lowest BCUT2D eigenvalue weighted by atomic mass is 9.92. The molecule has 0 bridgehead atoms. The van der Waals surface area contributed by atoms with Crippen LogP contribution in [0.1, 0.15) is 51.5 Å². The molecule has 0 unspecified atom stereocenters. The Bertz CT molecular complexity index is 1010. The maximum Gasteiger partial charge on any atom is 0.224 e. The van der Waals surface area contributed by atoms with Crippen LogP contribution < -0.4 is 5.32 Å². The van der Waals surface area contributed by atoms with Gasteiger partial charge in [-0.15, -0.1) is 0 Å². The van der Waals surface area contributed by atoms with Crippen molar-refractivity contribution in [2.24, 2.45) is 0 Å². The van der Waals surface area contributed by atoms with Crippen molar-refractivity contribution in [3.63, 3.8) is 0 Å². The Balaban J connectivity index is 1.55. The summed E-state index contributed by atoms with van der Waals surface area (Å²) in [4.78, 5) is 29.3. The summed E-state index contributed by atoms with van der Waals surface area (Å²) < 4.78 is 2.25. The zero-order valence-corrected chi connectivity index (χ0v) is 16.6. The molecule has 3 aromatic rings. The smallest absolute Gasteiger partial charge is 0.224 e. The average molecular weight is 391 g/mol. The highest BCUT2D eigenvalue weighted by molar-refractivity contribution is 6.01. The van der Waals surface area contributed by atoms with Gasteiger partial charge in [-0.2, -0.15) is 5.10 Å². The van der Waals surface area contributed by atoms with Crippen molar-refractivity contribution in [2.45, 2.75) is 52.1 Å². The lowest BCUT2D eigenvalue weighted by Gasteiger charge is -2.16. The number of aromatic amines is 1. The number of H-pyrrole nitrogens is 1. The Labute approximate surface area is 169 Å². The largest absolute Gasteiger partial charge is 0.349 e. The van der Waals surface area contributed by atoms with Crippen molar-refractivity contribution >= 4 is 11.7 Å². The number of aromatic nitrogens is 4. The van der Waals surface area contributed by atoms with Crippen LogP contribution in [0.2, 0.25) is 0 Å². The van der Waals surface area contributed by atoms with Gasteiger partial charge in [0.2, 0.25) is 5.91 Å². The number of rotatable bonds is 7. The summed E-state index contributed by atoms with van der Waals surface area (Å²) in [6, 6.07) is 10.3. The topological polar surface area (TPSA) is 92.7 Å². The molecular formula is C22H25N5O2. The number of carbonyl (C=O) groups excluding carboxylic acids is 2. The zero-order chi connectivity index (χ0) is 20.2. The predicted octanol–water partition coefficient (Wildman–Crippen LogP) is 2.54. The van der Waals surface area contributed by atoms with Gasteiger partial charge in [-0.1, -0.05) is 30.3 Å². The second-order valence-corrected chi connectivity index (χ2v) is 7.44. The third kappa shape index (κ3) is 4.13. The predicted molar refractivity (Wildman–Crippen MR) is 109 cm³/mol. The molecule has 2 heterocycles. The maximum atomic E-state index is 12.7. The van der Waals surface area contributed by atoms with E-state index in [9.17, 15) is 9.59 Å². The molecule has 1 aromatic carbocycles. The van der Waals surface area contributed by atoms with Gasteiger partial charge in [0.15, 0.2) is 5.78 Å². The third-order valence-electron chi connectivity index (χ3n) is 5.58. The fourth-order valence-corrected chi connectivity index (χ4v) is 4.11. The van der Waals surface area contributed by atoms with Gasteiger partial charge in [-0.3, -0.25) is 14.7 Å². The van der Waals surface area contributed by atoms with Crippen molar-refractivity contribution in [1.82, 2.24) is 25.1 Å². The molecule has 1 aliphatic carbocycles. The molecule has 4 rings (SSSR count). The first-order valence-corrected chi connectivity index (χ1v) is 10.0. The first kappa shape index (κ1) is 19.1. The first-order valence-electron chi connectivity index (χ1n) is 10.0. The highest BCUT2D eigenvalue weighted by Crippen LogP contribution is 2.30. The van der Waals surface area contributed by atoms with Crippen LogP contribution in [0.15, 0.2) is 36.7 Å². The van der Waals surface area contributed by atoms with Crippen molar-refractivity contribution in [2.75, 3.05) is 0 Å². The van der Waals surface area contributed by atoms with Gasteiger partial charge in [-0.05, 0) is 37.3 Å². The van der Waals surface area contributed by atoms with Gasteiger partial charge in [0, 0.05) is 29.9 Å². The van der Waals surface area contributed by atoms with Crippen LogP contribution in [-0.2, 0) is 37.1 Å². The number of ketones is 1. The summed E-state index contributed by atoms with van der Waals surface area (Å²) in [5, 5.41) is 9.36. The van der Waals surface area contributed by atoms with E-state index in [4.69, 9.17) is 0 Å². The molecule has 1 amide bonds.